The number of anilines is 1. The monoisotopic (exact) mass is 504 g/mol. The number of pyridine rings is 1. The standard InChI is InChI=1S/C22H18ClFN4O3S2/c1-13(14-3-6-16(24)7-4-14)28(2)22(29)17-11-15(23)5-8-19(17)27-33(30,31)21-18-12-26-32-20(18)9-10-25-21/h3-13,27H,1-2H3. The zero-order chi connectivity index (χ0) is 23.8. The van der Waals surface area contributed by atoms with Crippen molar-refractivity contribution in [2.45, 2.75) is 18.0 Å². The van der Waals surface area contributed by atoms with Crippen molar-refractivity contribution in [3.05, 3.63) is 82.9 Å². The second-order valence-electron chi connectivity index (χ2n) is 7.29. The van der Waals surface area contributed by atoms with E-state index >= 15 is 0 Å². The molecule has 0 aliphatic rings. The normalized spacial score (nSPS) is 12.5. The van der Waals surface area contributed by atoms with Gasteiger partial charge in [-0.1, -0.05) is 23.7 Å². The van der Waals surface area contributed by atoms with Crippen molar-refractivity contribution in [2.24, 2.45) is 0 Å². The van der Waals surface area contributed by atoms with Gasteiger partial charge in [-0.15, -0.1) is 0 Å². The topological polar surface area (TPSA) is 92.3 Å². The van der Waals surface area contributed by atoms with Crippen LogP contribution in [-0.2, 0) is 10.0 Å². The quantitative estimate of drug-likeness (QED) is 0.393. The number of carbonyl (C=O) groups excluding carboxylic acids is 1. The SMILES string of the molecule is CC(c1ccc(F)cc1)N(C)C(=O)c1cc(Cl)ccc1NS(=O)(=O)c1nccc2sncc12. The fourth-order valence-electron chi connectivity index (χ4n) is 3.29. The van der Waals surface area contributed by atoms with Crippen molar-refractivity contribution in [3.63, 3.8) is 0 Å². The maximum absolute atomic E-state index is 13.3. The molecule has 1 amide bonds. The summed E-state index contributed by atoms with van der Waals surface area (Å²) in [7, 11) is -2.55. The van der Waals surface area contributed by atoms with E-state index < -0.39 is 22.0 Å². The van der Waals surface area contributed by atoms with E-state index in [1.807, 2.05) is 0 Å². The van der Waals surface area contributed by atoms with Gasteiger partial charge in [0, 0.05) is 18.3 Å². The van der Waals surface area contributed by atoms with Gasteiger partial charge in [0.15, 0.2) is 5.03 Å². The van der Waals surface area contributed by atoms with Crippen molar-refractivity contribution in [1.29, 1.82) is 0 Å². The minimum Gasteiger partial charge on any atom is -0.335 e. The largest absolute Gasteiger partial charge is 0.335 e. The molecular formula is C22H18ClFN4O3S2. The third-order valence-electron chi connectivity index (χ3n) is 5.21. The first-order valence-electron chi connectivity index (χ1n) is 9.72. The van der Waals surface area contributed by atoms with E-state index in [4.69, 9.17) is 11.6 Å². The average Bonchev–Trinajstić information content (AvgIpc) is 3.28. The number of amides is 1. The van der Waals surface area contributed by atoms with E-state index in [1.165, 1.54) is 47.6 Å². The number of sulfonamides is 1. The molecule has 0 bridgehead atoms. The molecule has 4 aromatic rings. The number of carbonyl (C=O) groups is 1. The van der Waals surface area contributed by atoms with Gasteiger partial charge in [0.05, 0.1) is 33.6 Å². The molecule has 1 N–H and O–H groups in total. The zero-order valence-electron chi connectivity index (χ0n) is 17.5. The highest BCUT2D eigenvalue weighted by atomic mass is 35.5. The molecule has 0 aliphatic carbocycles. The van der Waals surface area contributed by atoms with Gasteiger partial charge in [0.2, 0.25) is 0 Å². The minimum atomic E-state index is -4.13. The van der Waals surface area contributed by atoms with E-state index in [9.17, 15) is 17.6 Å². The molecule has 7 nitrogen and oxygen atoms in total. The number of rotatable bonds is 6. The fraction of sp³-hybridized carbons (Fsp3) is 0.136. The highest BCUT2D eigenvalue weighted by Crippen LogP contribution is 2.30. The smallest absolute Gasteiger partial charge is 0.280 e. The summed E-state index contributed by atoms with van der Waals surface area (Å²) in [5.41, 5.74) is 0.847. The summed E-state index contributed by atoms with van der Waals surface area (Å²) >= 11 is 7.28. The van der Waals surface area contributed by atoms with E-state index in [2.05, 4.69) is 14.1 Å². The molecule has 2 aromatic heterocycles. The van der Waals surface area contributed by atoms with E-state index in [1.54, 1.807) is 32.2 Å². The van der Waals surface area contributed by atoms with E-state index in [0.29, 0.717) is 10.1 Å². The summed E-state index contributed by atoms with van der Waals surface area (Å²) < 4.78 is 46.7. The van der Waals surface area contributed by atoms with Crippen LogP contribution >= 0.6 is 23.1 Å². The Morgan fingerprint density at radius 1 is 1.18 bits per heavy atom. The lowest BCUT2D eigenvalue weighted by Gasteiger charge is -2.26. The van der Waals surface area contributed by atoms with Crippen LogP contribution in [0, 0.1) is 5.82 Å². The molecule has 0 fully saturated rings. The molecule has 0 radical (unpaired) electrons. The third kappa shape index (κ3) is 4.68. The van der Waals surface area contributed by atoms with Gasteiger partial charge in [0.25, 0.3) is 15.9 Å². The highest BCUT2D eigenvalue weighted by molar-refractivity contribution is 7.92. The van der Waals surface area contributed by atoms with Crippen LogP contribution in [0.4, 0.5) is 10.1 Å². The summed E-state index contributed by atoms with van der Waals surface area (Å²) in [6, 6.07) is 11.4. The molecular weight excluding hydrogens is 487 g/mol. The molecule has 0 saturated heterocycles. The molecule has 0 aliphatic heterocycles. The first-order chi connectivity index (χ1) is 15.7. The fourth-order valence-corrected chi connectivity index (χ4v) is 5.39. The second kappa shape index (κ2) is 9.05. The molecule has 4 rings (SSSR count). The highest BCUT2D eigenvalue weighted by Gasteiger charge is 2.26. The lowest BCUT2D eigenvalue weighted by Crippen LogP contribution is -2.30. The summed E-state index contributed by atoms with van der Waals surface area (Å²) in [6.07, 6.45) is 2.83. The van der Waals surface area contributed by atoms with Gasteiger partial charge in [-0.05, 0) is 60.4 Å². The Kier molecular flexibility index (Phi) is 6.33. The summed E-state index contributed by atoms with van der Waals surface area (Å²) in [6.45, 7) is 1.79. The Labute approximate surface area is 199 Å². The Morgan fingerprint density at radius 2 is 1.91 bits per heavy atom. The van der Waals surface area contributed by atoms with Gasteiger partial charge in [-0.25, -0.2) is 9.37 Å². The van der Waals surface area contributed by atoms with Crippen molar-refractivity contribution in [2.75, 3.05) is 11.8 Å². The maximum atomic E-state index is 13.3. The van der Waals surface area contributed by atoms with Gasteiger partial charge < -0.3 is 4.90 Å². The van der Waals surface area contributed by atoms with Crippen LogP contribution in [0.1, 0.15) is 28.9 Å². The van der Waals surface area contributed by atoms with Crippen LogP contribution in [-0.4, -0.2) is 35.6 Å². The second-order valence-corrected chi connectivity index (χ2v) is 10.2. The molecule has 1 atom stereocenters. The number of hydrogen-bond donors (Lipinski definition) is 1. The van der Waals surface area contributed by atoms with Crippen LogP contribution in [0.3, 0.4) is 0 Å². The Morgan fingerprint density at radius 3 is 2.64 bits per heavy atom. The summed E-state index contributed by atoms with van der Waals surface area (Å²) in [5, 5.41) is 0.473. The summed E-state index contributed by atoms with van der Waals surface area (Å²) in [4.78, 5) is 18.8. The predicted octanol–water partition coefficient (Wildman–Crippen LogP) is 5.12. The van der Waals surface area contributed by atoms with Gasteiger partial charge in [-0.2, -0.15) is 12.8 Å². The molecule has 0 spiro atoms. The number of halogens is 2. The van der Waals surface area contributed by atoms with Crippen LogP contribution in [0.2, 0.25) is 5.02 Å². The Bertz CT molecular complexity index is 1440. The average molecular weight is 505 g/mol. The lowest BCUT2D eigenvalue weighted by atomic mass is 10.1. The molecule has 0 saturated carbocycles. The number of hydrogen-bond acceptors (Lipinski definition) is 6. The lowest BCUT2D eigenvalue weighted by molar-refractivity contribution is 0.0743. The van der Waals surface area contributed by atoms with Crippen LogP contribution in [0.5, 0.6) is 0 Å². The summed E-state index contributed by atoms with van der Waals surface area (Å²) in [5.74, 6) is -0.841. The number of benzene rings is 2. The van der Waals surface area contributed by atoms with E-state index in [-0.39, 0.29) is 27.1 Å². The molecule has 33 heavy (non-hydrogen) atoms. The van der Waals surface area contributed by atoms with Crippen LogP contribution in [0.15, 0.2) is 66.0 Å². The zero-order valence-corrected chi connectivity index (χ0v) is 19.9. The molecule has 170 valence electrons. The predicted molar refractivity (Wildman–Crippen MR) is 127 cm³/mol. The number of nitrogens with zero attached hydrogens (tertiary/aromatic N) is 3. The van der Waals surface area contributed by atoms with Gasteiger partial charge >= 0.3 is 0 Å². The Balaban J connectivity index is 1.68. The number of fused-ring (bicyclic) bond motifs is 1. The number of nitrogens with one attached hydrogen (secondary N) is 1. The first kappa shape index (κ1) is 23.1. The minimum absolute atomic E-state index is 0.0598. The van der Waals surface area contributed by atoms with Crippen molar-refractivity contribution < 1.29 is 17.6 Å². The van der Waals surface area contributed by atoms with Crippen LogP contribution in [0.25, 0.3) is 10.1 Å². The number of aromatic nitrogens is 2. The Hall–Kier alpha value is -3.08. The molecule has 11 heteroatoms. The maximum Gasteiger partial charge on any atom is 0.280 e. The van der Waals surface area contributed by atoms with Crippen molar-refractivity contribution in [3.8, 4) is 0 Å². The van der Waals surface area contributed by atoms with Gasteiger partial charge in [0.1, 0.15) is 5.82 Å². The van der Waals surface area contributed by atoms with Crippen molar-refractivity contribution in [1.82, 2.24) is 14.3 Å². The molecule has 2 heterocycles. The molecule has 1 unspecified atom stereocenters. The third-order valence-corrected chi connectivity index (χ3v) is 7.53. The van der Waals surface area contributed by atoms with Crippen molar-refractivity contribution >= 4 is 54.8 Å². The van der Waals surface area contributed by atoms with Crippen LogP contribution < -0.4 is 4.72 Å². The molecule has 2 aromatic carbocycles. The van der Waals surface area contributed by atoms with Gasteiger partial charge in [-0.3, -0.25) is 9.52 Å². The van der Waals surface area contributed by atoms with E-state index in [0.717, 1.165) is 17.1 Å². The first-order valence-corrected chi connectivity index (χ1v) is 12.4.